The third-order valence-electron chi connectivity index (χ3n) is 6.05. The van der Waals surface area contributed by atoms with Gasteiger partial charge in [0.25, 0.3) is 0 Å². The van der Waals surface area contributed by atoms with Crippen molar-refractivity contribution in [1.82, 2.24) is 0 Å². The summed E-state index contributed by atoms with van der Waals surface area (Å²) in [7, 11) is 0. The zero-order chi connectivity index (χ0) is 19.1. The summed E-state index contributed by atoms with van der Waals surface area (Å²) in [5.74, 6) is 1.62. The molecule has 0 aliphatic heterocycles. The molecule has 0 spiro atoms. The summed E-state index contributed by atoms with van der Waals surface area (Å²) in [4.78, 5) is 15.6. The van der Waals surface area contributed by atoms with E-state index < -0.39 is 0 Å². The highest BCUT2D eigenvalue weighted by Gasteiger charge is 2.49. The van der Waals surface area contributed by atoms with Gasteiger partial charge in [0, 0.05) is 16.7 Å². The Balaban J connectivity index is 1.46. The van der Waals surface area contributed by atoms with Crippen LogP contribution in [0.4, 0.5) is 0 Å². The quantitative estimate of drug-likeness (QED) is 0.369. The summed E-state index contributed by atoms with van der Waals surface area (Å²) in [6.07, 6.45) is 7.25. The van der Waals surface area contributed by atoms with Crippen LogP contribution in [0.15, 0.2) is 93.3 Å². The Kier molecular flexibility index (Phi) is 4.48. The molecule has 0 radical (unpaired) electrons. The predicted molar refractivity (Wildman–Crippen MR) is 112 cm³/mol. The Morgan fingerprint density at radius 2 is 1.71 bits per heavy atom. The van der Waals surface area contributed by atoms with E-state index in [4.69, 9.17) is 4.42 Å². The lowest BCUT2D eigenvalue weighted by atomic mass is 9.76. The molecule has 2 aliphatic carbocycles. The van der Waals surface area contributed by atoms with Gasteiger partial charge in [-0.05, 0) is 48.9 Å². The van der Waals surface area contributed by atoms with Gasteiger partial charge in [0.15, 0.2) is 5.76 Å². The van der Waals surface area contributed by atoms with Crippen LogP contribution >= 0.6 is 11.8 Å². The SMILES string of the molecule is Cc1ccc(Sc2ccoc2C(=O)[C@H]2[C@H](c3ccccc3)[C@@H]3C=C[C@H]2C3)cc1. The average molecular weight is 387 g/mol. The summed E-state index contributed by atoms with van der Waals surface area (Å²) in [5.41, 5.74) is 2.49. The fourth-order valence-electron chi connectivity index (χ4n) is 4.75. The van der Waals surface area contributed by atoms with E-state index in [1.54, 1.807) is 18.0 Å². The highest BCUT2D eigenvalue weighted by atomic mass is 32.2. The molecule has 2 bridgehead atoms. The molecule has 1 fully saturated rings. The molecule has 0 unspecified atom stereocenters. The topological polar surface area (TPSA) is 30.2 Å². The number of fused-ring (bicyclic) bond motifs is 2. The first kappa shape index (κ1) is 17.6. The second kappa shape index (κ2) is 7.14. The Bertz CT molecular complexity index is 1020. The lowest BCUT2D eigenvalue weighted by Gasteiger charge is -2.27. The van der Waals surface area contributed by atoms with E-state index in [1.807, 2.05) is 12.1 Å². The minimum absolute atomic E-state index is 0.0408. The van der Waals surface area contributed by atoms with Crippen LogP contribution in [0.3, 0.4) is 0 Å². The molecule has 140 valence electrons. The number of aryl methyl sites for hydroxylation is 1. The van der Waals surface area contributed by atoms with E-state index in [0.717, 1.165) is 16.2 Å². The van der Waals surface area contributed by atoms with Gasteiger partial charge in [0.1, 0.15) is 0 Å². The summed E-state index contributed by atoms with van der Waals surface area (Å²) in [5, 5.41) is 0. The molecule has 0 amide bonds. The van der Waals surface area contributed by atoms with Crippen molar-refractivity contribution in [3.63, 3.8) is 0 Å². The number of hydrogen-bond donors (Lipinski definition) is 0. The van der Waals surface area contributed by atoms with Gasteiger partial charge in [-0.3, -0.25) is 4.79 Å². The van der Waals surface area contributed by atoms with Gasteiger partial charge in [0.05, 0.1) is 11.2 Å². The van der Waals surface area contributed by atoms with Crippen molar-refractivity contribution in [3.05, 3.63) is 96.0 Å². The van der Waals surface area contributed by atoms with Crippen LogP contribution in [0.2, 0.25) is 0 Å². The number of hydrogen-bond acceptors (Lipinski definition) is 3. The van der Waals surface area contributed by atoms with Gasteiger partial charge in [-0.15, -0.1) is 0 Å². The highest BCUT2D eigenvalue weighted by molar-refractivity contribution is 7.99. The van der Waals surface area contributed by atoms with Gasteiger partial charge < -0.3 is 4.42 Å². The van der Waals surface area contributed by atoms with Crippen LogP contribution < -0.4 is 0 Å². The number of carbonyl (C=O) groups is 1. The zero-order valence-corrected chi connectivity index (χ0v) is 16.6. The third kappa shape index (κ3) is 3.04. The molecule has 1 aromatic heterocycles. The first-order valence-electron chi connectivity index (χ1n) is 9.80. The zero-order valence-electron chi connectivity index (χ0n) is 15.7. The van der Waals surface area contributed by atoms with Crippen LogP contribution in [-0.4, -0.2) is 5.78 Å². The molecule has 2 aliphatic rings. The minimum atomic E-state index is -0.0408. The molecular weight excluding hydrogens is 364 g/mol. The average Bonchev–Trinajstić information content (AvgIpc) is 3.46. The number of allylic oxidation sites excluding steroid dienone is 2. The number of ketones is 1. The molecule has 1 heterocycles. The van der Waals surface area contributed by atoms with E-state index in [1.165, 1.54) is 11.1 Å². The van der Waals surface area contributed by atoms with Crippen molar-refractivity contribution in [2.45, 2.75) is 29.1 Å². The van der Waals surface area contributed by atoms with E-state index >= 15 is 0 Å². The second-order valence-electron chi connectivity index (χ2n) is 7.80. The number of benzene rings is 2. The van der Waals surface area contributed by atoms with Crippen molar-refractivity contribution in [3.8, 4) is 0 Å². The maximum absolute atomic E-state index is 13.6. The summed E-state index contributed by atoms with van der Waals surface area (Å²) in [6, 6.07) is 20.8. The Hall–Kier alpha value is -2.52. The number of furan rings is 1. The van der Waals surface area contributed by atoms with Crippen LogP contribution in [-0.2, 0) is 0 Å². The van der Waals surface area contributed by atoms with Crippen molar-refractivity contribution in [2.24, 2.45) is 17.8 Å². The Morgan fingerprint density at radius 3 is 2.50 bits per heavy atom. The molecule has 3 aromatic rings. The lowest BCUT2D eigenvalue weighted by molar-refractivity contribution is 0.0853. The van der Waals surface area contributed by atoms with Gasteiger partial charge in [0.2, 0.25) is 5.78 Å². The molecular formula is C25H22O2S. The van der Waals surface area contributed by atoms with Gasteiger partial charge >= 0.3 is 0 Å². The molecule has 2 aromatic carbocycles. The number of Topliss-reactive ketones (excluding diaryl/α,β-unsaturated/α-hetero) is 1. The molecule has 5 rings (SSSR count). The monoisotopic (exact) mass is 386 g/mol. The van der Waals surface area contributed by atoms with E-state index in [2.05, 4.69) is 67.6 Å². The third-order valence-corrected chi connectivity index (χ3v) is 7.10. The summed E-state index contributed by atoms with van der Waals surface area (Å²) >= 11 is 1.60. The maximum Gasteiger partial charge on any atom is 0.203 e. The molecule has 4 atom stereocenters. The molecule has 0 N–H and O–H groups in total. The standard InChI is InChI=1S/C25H22O2S/c1-16-7-11-20(12-8-16)28-21-13-14-27-25(21)24(26)23-19-10-9-18(15-19)22(23)17-5-3-2-4-6-17/h2-14,18-19,22-23H,15H2,1H3/t18-,19+,22-,23-/m1/s1. The van der Waals surface area contributed by atoms with Gasteiger partial charge in [-0.2, -0.15) is 0 Å². The second-order valence-corrected chi connectivity index (χ2v) is 8.92. The van der Waals surface area contributed by atoms with E-state index in [-0.39, 0.29) is 17.6 Å². The summed E-state index contributed by atoms with van der Waals surface area (Å²) in [6.45, 7) is 2.08. The number of carbonyl (C=O) groups excluding carboxylic acids is 1. The highest BCUT2D eigenvalue weighted by Crippen LogP contribution is 2.54. The predicted octanol–water partition coefficient (Wildman–Crippen LogP) is 6.53. The smallest absolute Gasteiger partial charge is 0.203 e. The van der Waals surface area contributed by atoms with Crippen molar-refractivity contribution < 1.29 is 9.21 Å². The first-order chi connectivity index (χ1) is 13.7. The van der Waals surface area contributed by atoms with E-state index in [9.17, 15) is 4.79 Å². The fraction of sp³-hybridized carbons (Fsp3) is 0.240. The minimum Gasteiger partial charge on any atom is -0.460 e. The van der Waals surface area contributed by atoms with Crippen LogP contribution in [0.25, 0.3) is 0 Å². The Labute approximate surface area is 169 Å². The molecule has 28 heavy (non-hydrogen) atoms. The van der Waals surface area contributed by atoms with Gasteiger partial charge in [-0.1, -0.05) is 71.9 Å². The largest absolute Gasteiger partial charge is 0.460 e. The van der Waals surface area contributed by atoms with Crippen molar-refractivity contribution in [2.75, 3.05) is 0 Å². The number of rotatable bonds is 5. The Morgan fingerprint density at radius 1 is 0.964 bits per heavy atom. The van der Waals surface area contributed by atoms with Crippen LogP contribution in [0.1, 0.15) is 34.0 Å². The molecule has 1 saturated carbocycles. The van der Waals surface area contributed by atoms with Crippen molar-refractivity contribution in [1.29, 1.82) is 0 Å². The normalized spacial score (nSPS) is 25.3. The van der Waals surface area contributed by atoms with Gasteiger partial charge in [-0.25, -0.2) is 0 Å². The molecule has 0 saturated heterocycles. The van der Waals surface area contributed by atoms with E-state index in [0.29, 0.717) is 17.6 Å². The van der Waals surface area contributed by atoms with Crippen LogP contribution in [0, 0.1) is 24.7 Å². The maximum atomic E-state index is 13.6. The van der Waals surface area contributed by atoms with Crippen molar-refractivity contribution >= 4 is 17.5 Å². The molecule has 3 heteroatoms. The lowest BCUT2D eigenvalue weighted by Crippen LogP contribution is -2.26. The fourth-order valence-corrected chi connectivity index (χ4v) is 5.64. The first-order valence-corrected chi connectivity index (χ1v) is 10.6. The summed E-state index contributed by atoms with van der Waals surface area (Å²) < 4.78 is 5.73. The molecule has 2 nitrogen and oxygen atoms in total. The van der Waals surface area contributed by atoms with Crippen LogP contribution in [0.5, 0.6) is 0 Å².